The van der Waals surface area contributed by atoms with E-state index in [0.29, 0.717) is 11.6 Å². The summed E-state index contributed by atoms with van der Waals surface area (Å²) in [7, 11) is -4.50. The Morgan fingerprint density at radius 1 is 0.907 bits per heavy atom. The van der Waals surface area contributed by atoms with Crippen molar-refractivity contribution in [1.82, 2.24) is 4.90 Å². The molecule has 2 atom stereocenters. The number of amides is 1. The largest absolute Gasteiger partial charge is 0.508 e. The van der Waals surface area contributed by atoms with Gasteiger partial charge in [0.05, 0.1) is 10.9 Å². The molecule has 1 N–H and O–H groups in total. The van der Waals surface area contributed by atoms with Crippen LogP contribution in [0.15, 0.2) is 84.3 Å². The van der Waals surface area contributed by atoms with E-state index in [1.54, 1.807) is 6.07 Å². The molecule has 1 fully saturated rings. The van der Waals surface area contributed by atoms with Crippen molar-refractivity contribution in [1.29, 1.82) is 0 Å². The molecule has 0 saturated carbocycles. The second kappa shape index (κ2) is 10.00. The van der Waals surface area contributed by atoms with E-state index in [-0.39, 0.29) is 46.9 Å². The van der Waals surface area contributed by atoms with Crippen LogP contribution in [0.4, 0.5) is 30.7 Å². The molecule has 0 radical (unpaired) electrons. The number of alkyl halides is 7. The first kappa shape index (κ1) is 30.4. The van der Waals surface area contributed by atoms with Crippen molar-refractivity contribution in [3.05, 3.63) is 102 Å². The zero-order chi connectivity index (χ0) is 31.6. The minimum absolute atomic E-state index is 0.108. The van der Waals surface area contributed by atoms with Gasteiger partial charge in [-0.25, -0.2) is 12.8 Å². The molecule has 0 bridgehead atoms. The van der Waals surface area contributed by atoms with Crippen molar-refractivity contribution in [3.63, 3.8) is 0 Å². The molecule has 2 unspecified atom stereocenters. The number of hydrogen-bond donors (Lipinski definition) is 1. The Morgan fingerprint density at radius 3 is 2.05 bits per heavy atom. The second-order valence-corrected chi connectivity index (χ2v) is 12.4. The van der Waals surface area contributed by atoms with E-state index in [2.05, 4.69) is 6.58 Å². The minimum atomic E-state index is -6.39. The van der Waals surface area contributed by atoms with Crippen LogP contribution in [-0.2, 0) is 20.3 Å². The highest BCUT2D eigenvalue weighted by molar-refractivity contribution is 7.92. The number of aliphatic hydroxyl groups excluding tert-OH is 1. The summed E-state index contributed by atoms with van der Waals surface area (Å²) in [5, 5.41) is 9.58. The highest BCUT2D eigenvalue weighted by atomic mass is 32.2. The van der Waals surface area contributed by atoms with Crippen LogP contribution in [0.3, 0.4) is 0 Å². The third kappa shape index (κ3) is 4.45. The third-order valence-electron chi connectivity index (χ3n) is 7.91. The maximum atomic E-state index is 14.9. The average molecular weight is 630 g/mol. The summed E-state index contributed by atoms with van der Waals surface area (Å²) in [6, 6.07) is 12.4. The molecule has 1 amide bonds. The van der Waals surface area contributed by atoms with Gasteiger partial charge in [-0.2, -0.15) is 26.3 Å². The number of fused-ring (bicyclic) bond motifs is 3. The number of benzene rings is 3. The van der Waals surface area contributed by atoms with Gasteiger partial charge in [-0.1, -0.05) is 49.0 Å². The topological polar surface area (TPSA) is 83.9 Å². The molecule has 2 heterocycles. The van der Waals surface area contributed by atoms with Crippen molar-refractivity contribution in [2.24, 2.45) is 0 Å². The lowest BCUT2D eigenvalue weighted by Gasteiger charge is -2.42. The van der Waals surface area contributed by atoms with E-state index < -0.39 is 62.5 Å². The Morgan fingerprint density at radius 2 is 1.49 bits per heavy atom. The SMILES string of the molecule is C=C(O)c1ccc(C(=O)N2CCC3(S(=O)(=O)c4ccccc4)c4ccc(C(F)(C(F)(F)F)C(F)(F)F)cc4OCC23)cc1. The normalized spacial score (nSPS) is 20.6. The molecule has 14 heteroatoms. The second-order valence-electron chi connectivity index (χ2n) is 10.2. The van der Waals surface area contributed by atoms with Gasteiger partial charge in [0.2, 0.25) is 0 Å². The van der Waals surface area contributed by atoms with Gasteiger partial charge in [-0.05, 0) is 36.8 Å². The van der Waals surface area contributed by atoms with Gasteiger partial charge in [0.1, 0.15) is 22.9 Å². The van der Waals surface area contributed by atoms with Crippen LogP contribution >= 0.6 is 0 Å². The predicted molar refractivity (Wildman–Crippen MR) is 140 cm³/mol. The molecule has 0 spiro atoms. The van der Waals surface area contributed by atoms with E-state index in [0.717, 1.165) is 0 Å². The minimum Gasteiger partial charge on any atom is -0.508 e. The number of aliphatic hydroxyl groups is 1. The number of likely N-dealkylation sites (tertiary alicyclic amines) is 1. The molecule has 5 rings (SSSR count). The van der Waals surface area contributed by atoms with Gasteiger partial charge in [0, 0.05) is 28.8 Å². The number of nitrogens with zero attached hydrogens (tertiary/aromatic N) is 1. The fourth-order valence-electron chi connectivity index (χ4n) is 5.74. The van der Waals surface area contributed by atoms with E-state index >= 15 is 0 Å². The fraction of sp³-hybridized carbons (Fsp3) is 0.276. The lowest BCUT2D eigenvalue weighted by Crippen LogP contribution is -2.55. The zero-order valence-electron chi connectivity index (χ0n) is 21.9. The Balaban J connectivity index is 1.67. The van der Waals surface area contributed by atoms with E-state index in [1.165, 1.54) is 53.4 Å². The molecule has 3 aromatic rings. The summed E-state index contributed by atoms with van der Waals surface area (Å²) in [5.74, 6) is -1.56. The first-order chi connectivity index (χ1) is 20.0. The number of halogens is 7. The number of ether oxygens (including phenoxy) is 1. The number of carbonyl (C=O) groups is 1. The van der Waals surface area contributed by atoms with Crippen molar-refractivity contribution < 1.29 is 53.8 Å². The van der Waals surface area contributed by atoms with Crippen molar-refractivity contribution in [2.75, 3.05) is 13.2 Å². The van der Waals surface area contributed by atoms with E-state index in [1.807, 2.05) is 0 Å². The number of carbonyl (C=O) groups excluding carboxylic acids is 1. The van der Waals surface area contributed by atoms with Crippen molar-refractivity contribution >= 4 is 21.5 Å². The molecule has 0 aliphatic carbocycles. The van der Waals surface area contributed by atoms with Crippen LogP contribution < -0.4 is 4.74 Å². The fourth-order valence-corrected chi connectivity index (χ4v) is 8.05. The quantitative estimate of drug-likeness (QED) is 0.258. The molecule has 2 aliphatic rings. The van der Waals surface area contributed by atoms with Crippen LogP contribution in [-0.4, -0.2) is 55.9 Å². The Bertz CT molecular complexity index is 1670. The lowest BCUT2D eigenvalue weighted by atomic mass is 9.85. The Kier molecular flexibility index (Phi) is 7.07. The molecule has 228 valence electrons. The monoisotopic (exact) mass is 629 g/mol. The standard InChI is InChI=1S/C29H22F7NO5S/c1-17(38)18-7-9-19(10-8-18)25(39)37-14-13-26(43(40,41)21-5-3-2-4-6-21)22-12-11-20(15-23(22)42-16-24(26)37)27(30,28(31,32)33)29(34,35)36/h2-12,15,24,38H,1,13-14,16H2. The van der Waals surface area contributed by atoms with Gasteiger partial charge in [-0.15, -0.1) is 0 Å². The van der Waals surface area contributed by atoms with Crippen LogP contribution in [0.2, 0.25) is 0 Å². The van der Waals surface area contributed by atoms with Gasteiger partial charge < -0.3 is 14.7 Å². The summed E-state index contributed by atoms with van der Waals surface area (Å²) in [6.45, 7) is 2.59. The smallest absolute Gasteiger partial charge is 0.435 e. The molecular weight excluding hydrogens is 607 g/mol. The molecule has 3 aromatic carbocycles. The summed E-state index contributed by atoms with van der Waals surface area (Å²) in [6.07, 6.45) is -13.1. The highest BCUT2D eigenvalue weighted by Gasteiger charge is 2.74. The molecule has 1 saturated heterocycles. The number of rotatable bonds is 5. The summed E-state index contributed by atoms with van der Waals surface area (Å²) < 4.78 is 128. The van der Waals surface area contributed by atoms with Gasteiger partial charge in [-0.3, -0.25) is 4.79 Å². The van der Waals surface area contributed by atoms with Crippen LogP contribution in [0.5, 0.6) is 5.75 Å². The molecule has 43 heavy (non-hydrogen) atoms. The predicted octanol–water partition coefficient (Wildman–Crippen LogP) is 6.48. The summed E-state index contributed by atoms with van der Waals surface area (Å²) >= 11 is 0. The zero-order valence-corrected chi connectivity index (χ0v) is 22.7. The lowest BCUT2D eigenvalue weighted by molar-refractivity contribution is -0.348. The van der Waals surface area contributed by atoms with E-state index in [4.69, 9.17) is 4.74 Å². The van der Waals surface area contributed by atoms with Gasteiger partial charge in [0.25, 0.3) is 5.91 Å². The maximum Gasteiger partial charge on any atom is 0.435 e. The van der Waals surface area contributed by atoms with Crippen molar-refractivity contribution in [2.45, 2.75) is 40.1 Å². The molecule has 6 nitrogen and oxygen atoms in total. The third-order valence-corrected chi connectivity index (χ3v) is 10.5. The molecular formula is C29H22F7NO5S. The number of sulfone groups is 1. The van der Waals surface area contributed by atoms with Crippen LogP contribution in [0.25, 0.3) is 5.76 Å². The molecule has 2 aliphatic heterocycles. The van der Waals surface area contributed by atoms with Crippen molar-refractivity contribution in [3.8, 4) is 5.75 Å². The summed E-state index contributed by atoms with van der Waals surface area (Å²) in [4.78, 5) is 14.6. The Labute approximate surface area is 240 Å². The first-order valence-electron chi connectivity index (χ1n) is 12.7. The van der Waals surface area contributed by atoms with Gasteiger partial charge in [0.15, 0.2) is 9.84 Å². The first-order valence-corrected chi connectivity index (χ1v) is 14.1. The summed E-state index contributed by atoms with van der Waals surface area (Å²) in [5.41, 5.74) is -7.45. The van der Waals surface area contributed by atoms with Crippen LogP contribution in [0.1, 0.15) is 33.5 Å². The average Bonchev–Trinajstić information content (AvgIpc) is 3.37. The highest BCUT2D eigenvalue weighted by Crippen LogP contribution is 2.57. The molecule has 0 aromatic heterocycles. The number of hydrogen-bond acceptors (Lipinski definition) is 5. The van der Waals surface area contributed by atoms with E-state index in [9.17, 15) is 49.1 Å². The van der Waals surface area contributed by atoms with Crippen LogP contribution in [0, 0.1) is 0 Å². The Hall–Kier alpha value is -4.07. The maximum absolute atomic E-state index is 14.9. The van der Waals surface area contributed by atoms with Gasteiger partial charge >= 0.3 is 18.0 Å².